The van der Waals surface area contributed by atoms with Crippen LogP contribution >= 0.6 is 0 Å². The first-order valence-corrected chi connectivity index (χ1v) is 11.0. The van der Waals surface area contributed by atoms with Crippen molar-refractivity contribution in [3.05, 3.63) is 71.3 Å². The second-order valence-corrected chi connectivity index (χ2v) is 8.59. The van der Waals surface area contributed by atoms with Crippen LogP contribution in [0.4, 0.5) is 11.4 Å². The maximum atomic E-state index is 12.9. The lowest BCUT2D eigenvalue weighted by atomic mass is 9.78. The van der Waals surface area contributed by atoms with Crippen molar-refractivity contribution in [3.8, 4) is 0 Å². The van der Waals surface area contributed by atoms with Crippen LogP contribution in [-0.4, -0.2) is 30.3 Å². The molecular formula is C26H26N2O5. The molecule has 7 heteroatoms. The molecule has 0 radical (unpaired) electrons. The Labute approximate surface area is 192 Å². The number of esters is 1. The number of carbonyl (C=O) groups is 4. The van der Waals surface area contributed by atoms with Crippen LogP contribution in [0.15, 0.2) is 54.6 Å². The van der Waals surface area contributed by atoms with E-state index >= 15 is 0 Å². The number of allylic oxidation sites excluding steroid dienone is 2. The number of ether oxygens (including phenoxy) is 1. The number of imide groups is 1. The Morgan fingerprint density at radius 2 is 1.79 bits per heavy atom. The molecule has 2 aromatic rings. The summed E-state index contributed by atoms with van der Waals surface area (Å²) < 4.78 is 5.12. The van der Waals surface area contributed by atoms with Gasteiger partial charge in [-0.2, -0.15) is 0 Å². The summed E-state index contributed by atoms with van der Waals surface area (Å²) >= 11 is 0. The molecule has 2 aromatic carbocycles. The van der Waals surface area contributed by atoms with Gasteiger partial charge < -0.3 is 10.1 Å². The summed E-state index contributed by atoms with van der Waals surface area (Å²) in [6.45, 7) is 5.37. The molecule has 0 unspecified atom stereocenters. The van der Waals surface area contributed by atoms with Gasteiger partial charge in [0.15, 0.2) is 6.61 Å². The summed E-state index contributed by atoms with van der Waals surface area (Å²) in [4.78, 5) is 51.5. The zero-order valence-electron chi connectivity index (χ0n) is 18.8. The number of fused-ring (bicyclic) bond motifs is 1. The average Bonchev–Trinajstić information content (AvgIpc) is 3.06. The molecule has 2 aliphatic rings. The highest BCUT2D eigenvalue weighted by atomic mass is 16.5. The van der Waals surface area contributed by atoms with Gasteiger partial charge in [0.1, 0.15) is 0 Å². The standard InChI is InChI=1S/C26H26N2O5/c1-15-6-5-9-21(17(15)3)27-22(29)14-33-26(32)18-10-12-19(13-11-18)28-24(30)20-8-4-7-16(2)23(20)25(28)31/h4-7,9-13,16,20,23H,8,14H2,1-3H3,(H,27,29)/t16-,20-,23+/m1/s1. The minimum atomic E-state index is -0.664. The van der Waals surface area contributed by atoms with Crippen LogP contribution < -0.4 is 10.2 Å². The number of nitrogens with zero attached hydrogens (tertiary/aromatic N) is 1. The van der Waals surface area contributed by atoms with E-state index in [1.807, 2.05) is 45.1 Å². The molecule has 4 rings (SSSR count). The quantitative estimate of drug-likeness (QED) is 0.428. The largest absolute Gasteiger partial charge is 0.452 e. The van der Waals surface area contributed by atoms with Gasteiger partial charge in [-0.15, -0.1) is 0 Å². The van der Waals surface area contributed by atoms with E-state index in [0.717, 1.165) is 11.1 Å². The molecule has 1 N–H and O–H groups in total. The topological polar surface area (TPSA) is 92.8 Å². The molecule has 1 aliphatic carbocycles. The van der Waals surface area contributed by atoms with Gasteiger partial charge in [0.2, 0.25) is 11.8 Å². The van der Waals surface area contributed by atoms with Crippen molar-refractivity contribution in [3.63, 3.8) is 0 Å². The summed E-state index contributed by atoms with van der Waals surface area (Å²) in [6, 6.07) is 11.7. The fraction of sp³-hybridized carbons (Fsp3) is 0.308. The molecule has 3 atom stereocenters. The van der Waals surface area contributed by atoms with Gasteiger partial charge in [-0.1, -0.05) is 31.2 Å². The second-order valence-electron chi connectivity index (χ2n) is 8.59. The number of anilines is 2. The first-order chi connectivity index (χ1) is 15.8. The average molecular weight is 447 g/mol. The van der Waals surface area contributed by atoms with Crippen molar-refractivity contribution in [2.24, 2.45) is 17.8 Å². The number of amides is 3. The van der Waals surface area contributed by atoms with Crippen LogP contribution in [-0.2, 0) is 19.1 Å². The zero-order chi connectivity index (χ0) is 23.7. The zero-order valence-corrected chi connectivity index (χ0v) is 18.8. The smallest absolute Gasteiger partial charge is 0.338 e. The fourth-order valence-electron chi connectivity index (χ4n) is 4.44. The van der Waals surface area contributed by atoms with E-state index in [2.05, 4.69) is 5.32 Å². The maximum Gasteiger partial charge on any atom is 0.338 e. The van der Waals surface area contributed by atoms with E-state index in [0.29, 0.717) is 17.8 Å². The molecule has 1 aliphatic heterocycles. The van der Waals surface area contributed by atoms with Crippen molar-refractivity contribution in [2.45, 2.75) is 27.2 Å². The van der Waals surface area contributed by atoms with Crippen molar-refractivity contribution in [2.75, 3.05) is 16.8 Å². The Balaban J connectivity index is 1.38. The highest BCUT2D eigenvalue weighted by Gasteiger charge is 2.50. The molecule has 1 saturated heterocycles. The summed E-state index contributed by atoms with van der Waals surface area (Å²) in [5.41, 5.74) is 3.32. The van der Waals surface area contributed by atoms with Gasteiger partial charge in [-0.05, 0) is 67.6 Å². The van der Waals surface area contributed by atoms with Crippen LogP contribution in [0.3, 0.4) is 0 Å². The number of benzene rings is 2. The summed E-state index contributed by atoms with van der Waals surface area (Å²) in [6.07, 6.45) is 4.49. The van der Waals surface area contributed by atoms with E-state index < -0.39 is 18.5 Å². The minimum absolute atomic E-state index is 0.00851. The van der Waals surface area contributed by atoms with Gasteiger partial charge in [-0.3, -0.25) is 19.3 Å². The number of carbonyl (C=O) groups excluding carboxylic acids is 4. The van der Waals surface area contributed by atoms with Gasteiger partial charge in [-0.25, -0.2) is 4.79 Å². The maximum absolute atomic E-state index is 12.9. The van der Waals surface area contributed by atoms with E-state index in [4.69, 9.17) is 4.74 Å². The number of nitrogens with one attached hydrogen (secondary N) is 1. The Kier molecular flexibility index (Phi) is 6.14. The molecule has 0 bridgehead atoms. The first kappa shape index (κ1) is 22.5. The third-order valence-electron chi connectivity index (χ3n) is 6.45. The van der Waals surface area contributed by atoms with Crippen LogP contribution in [0.5, 0.6) is 0 Å². The lowest BCUT2D eigenvalue weighted by Crippen LogP contribution is -2.31. The molecule has 3 amide bonds. The number of hydrogen-bond donors (Lipinski definition) is 1. The fourth-order valence-corrected chi connectivity index (χ4v) is 4.44. The van der Waals surface area contributed by atoms with Crippen LogP contribution in [0.25, 0.3) is 0 Å². The second kappa shape index (κ2) is 9.02. The summed E-state index contributed by atoms with van der Waals surface area (Å²) in [7, 11) is 0. The van der Waals surface area contributed by atoms with E-state index in [-0.39, 0.29) is 35.1 Å². The van der Waals surface area contributed by atoms with E-state index in [9.17, 15) is 19.2 Å². The molecule has 7 nitrogen and oxygen atoms in total. The van der Waals surface area contributed by atoms with Crippen LogP contribution in [0.2, 0.25) is 0 Å². The molecule has 33 heavy (non-hydrogen) atoms. The van der Waals surface area contributed by atoms with Crippen LogP contribution in [0.1, 0.15) is 34.8 Å². The number of rotatable bonds is 5. The molecule has 0 saturated carbocycles. The lowest BCUT2D eigenvalue weighted by Gasteiger charge is -2.22. The number of hydrogen-bond acceptors (Lipinski definition) is 5. The van der Waals surface area contributed by atoms with Crippen molar-refractivity contribution in [1.29, 1.82) is 0 Å². The highest BCUT2D eigenvalue weighted by Crippen LogP contribution is 2.40. The number of aryl methyl sites for hydroxylation is 1. The third kappa shape index (κ3) is 4.31. The SMILES string of the molecule is Cc1cccc(NC(=O)COC(=O)c2ccc(N3C(=O)[C@H]4[C@H](C)C=CC[C@H]4C3=O)cc2)c1C. The normalized spacial score (nSPS) is 21.7. The van der Waals surface area contributed by atoms with Crippen molar-refractivity contribution >= 4 is 35.1 Å². The molecule has 0 spiro atoms. The van der Waals surface area contributed by atoms with Crippen LogP contribution in [0, 0.1) is 31.6 Å². The Hall–Kier alpha value is -3.74. The van der Waals surface area contributed by atoms with Gasteiger partial charge in [0.05, 0.1) is 23.1 Å². The molecular weight excluding hydrogens is 420 g/mol. The van der Waals surface area contributed by atoms with Crippen molar-refractivity contribution in [1.82, 2.24) is 0 Å². The van der Waals surface area contributed by atoms with Gasteiger partial charge >= 0.3 is 5.97 Å². The Bertz CT molecular complexity index is 1150. The van der Waals surface area contributed by atoms with E-state index in [1.165, 1.54) is 17.0 Å². The Morgan fingerprint density at radius 1 is 1.06 bits per heavy atom. The summed E-state index contributed by atoms with van der Waals surface area (Å²) in [5.74, 6) is -2.19. The predicted molar refractivity (Wildman–Crippen MR) is 124 cm³/mol. The van der Waals surface area contributed by atoms with Gasteiger partial charge in [0, 0.05) is 5.69 Å². The Morgan fingerprint density at radius 3 is 2.48 bits per heavy atom. The summed E-state index contributed by atoms with van der Waals surface area (Å²) in [5, 5.41) is 2.74. The van der Waals surface area contributed by atoms with Gasteiger partial charge in [0.25, 0.3) is 5.91 Å². The minimum Gasteiger partial charge on any atom is -0.452 e. The molecule has 170 valence electrons. The molecule has 0 aromatic heterocycles. The molecule has 1 heterocycles. The van der Waals surface area contributed by atoms with Crippen molar-refractivity contribution < 1.29 is 23.9 Å². The lowest BCUT2D eigenvalue weighted by molar-refractivity contribution is -0.123. The predicted octanol–water partition coefficient (Wildman–Crippen LogP) is 3.80. The molecule has 1 fully saturated rings. The van der Waals surface area contributed by atoms with E-state index in [1.54, 1.807) is 18.2 Å². The highest BCUT2D eigenvalue weighted by molar-refractivity contribution is 6.22. The first-order valence-electron chi connectivity index (χ1n) is 11.0. The monoisotopic (exact) mass is 446 g/mol. The third-order valence-corrected chi connectivity index (χ3v) is 6.45.